The number of pyridine rings is 3. The predicted octanol–water partition coefficient (Wildman–Crippen LogP) is 5.37. The van der Waals surface area contributed by atoms with E-state index in [4.69, 9.17) is 4.74 Å². The average molecular weight is 532 g/mol. The summed E-state index contributed by atoms with van der Waals surface area (Å²) < 4.78 is 8.00. The van der Waals surface area contributed by atoms with Gasteiger partial charge in [0.15, 0.2) is 0 Å². The minimum absolute atomic E-state index is 0.148. The van der Waals surface area contributed by atoms with Gasteiger partial charge in [-0.05, 0) is 49.7 Å². The van der Waals surface area contributed by atoms with Gasteiger partial charge in [-0.15, -0.1) is 0 Å². The molecule has 0 radical (unpaired) electrons. The summed E-state index contributed by atoms with van der Waals surface area (Å²) in [7, 11) is 0. The Labute approximate surface area is 229 Å². The Morgan fingerprint density at radius 2 is 1.90 bits per heavy atom. The van der Waals surface area contributed by atoms with E-state index in [1.165, 1.54) is 0 Å². The average Bonchev–Trinajstić information content (AvgIpc) is 3.59. The number of carbonyl (C=O) groups is 2. The second-order valence-electron chi connectivity index (χ2n) is 9.86. The lowest BCUT2D eigenvalue weighted by Gasteiger charge is -2.28. The van der Waals surface area contributed by atoms with Crippen LogP contribution < -0.4 is 20.3 Å². The van der Waals surface area contributed by atoms with Crippen molar-refractivity contribution >= 4 is 40.3 Å². The van der Waals surface area contributed by atoms with Crippen LogP contribution in [0.4, 0.5) is 22.9 Å². The summed E-state index contributed by atoms with van der Waals surface area (Å²) in [5.74, 6) is 1.24. The van der Waals surface area contributed by atoms with Crippen molar-refractivity contribution in [2.75, 3.05) is 22.1 Å². The maximum Gasteiger partial charge on any atom is 0.274 e. The zero-order chi connectivity index (χ0) is 27.2. The third-order valence-electron chi connectivity index (χ3n) is 7.24. The normalized spacial score (nSPS) is 15.9. The third-order valence-corrected chi connectivity index (χ3v) is 7.24. The Morgan fingerprint density at radius 3 is 2.77 bits per heavy atom. The Balaban J connectivity index is 1.11. The molecule has 198 valence electrons. The summed E-state index contributed by atoms with van der Waals surface area (Å²) >= 11 is 0. The van der Waals surface area contributed by atoms with Gasteiger partial charge < -0.3 is 20.3 Å². The van der Waals surface area contributed by atoms with Crippen LogP contribution >= 0.6 is 0 Å². The summed E-state index contributed by atoms with van der Waals surface area (Å²) in [6.45, 7) is 2.73. The number of ether oxygens (including phenoxy) is 1. The zero-order valence-electron chi connectivity index (χ0n) is 21.7. The first-order chi connectivity index (χ1) is 19.5. The maximum atomic E-state index is 12.9. The molecule has 6 heterocycles. The van der Waals surface area contributed by atoms with Gasteiger partial charge in [-0.1, -0.05) is 6.07 Å². The van der Waals surface area contributed by atoms with Gasteiger partial charge in [0.25, 0.3) is 5.91 Å². The monoisotopic (exact) mass is 531 g/mol. The molecule has 7 rings (SSSR count). The molecule has 4 aromatic heterocycles. The van der Waals surface area contributed by atoms with Crippen LogP contribution in [0.15, 0.2) is 79.5 Å². The number of benzene rings is 1. The highest BCUT2D eigenvalue weighted by Crippen LogP contribution is 2.44. The van der Waals surface area contributed by atoms with Crippen molar-refractivity contribution < 1.29 is 14.3 Å². The molecule has 5 aromatic rings. The molecule has 1 unspecified atom stereocenters. The molecule has 10 nitrogen and oxygen atoms in total. The largest absolute Gasteiger partial charge is 0.485 e. The number of hydrogen-bond acceptors (Lipinski definition) is 7. The molecule has 1 saturated heterocycles. The Kier molecular flexibility index (Phi) is 5.66. The molecular weight excluding hydrogens is 506 g/mol. The number of nitrogens with zero attached hydrogens (tertiary/aromatic N) is 5. The van der Waals surface area contributed by atoms with E-state index in [-0.39, 0.29) is 17.9 Å². The number of anilines is 4. The number of amides is 2. The van der Waals surface area contributed by atoms with Gasteiger partial charge in [-0.25, -0.2) is 9.97 Å². The van der Waals surface area contributed by atoms with E-state index in [9.17, 15) is 9.59 Å². The van der Waals surface area contributed by atoms with E-state index in [2.05, 4.69) is 25.6 Å². The highest BCUT2D eigenvalue weighted by Gasteiger charge is 2.27. The van der Waals surface area contributed by atoms with Crippen LogP contribution in [0.2, 0.25) is 0 Å². The van der Waals surface area contributed by atoms with Crippen molar-refractivity contribution in [2.24, 2.45) is 0 Å². The molecule has 2 amide bonds. The Bertz CT molecular complexity index is 1800. The van der Waals surface area contributed by atoms with Crippen molar-refractivity contribution in [3.8, 4) is 16.9 Å². The molecule has 0 bridgehead atoms. The molecule has 1 aromatic carbocycles. The SMILES string of the molecule is CC1Oc2cc(N3CCCC3=O)ccc2-c2cnc(Nc3cncc(NC(=O)c4cnc5ccccn45)c3)cc21. The molecular formula is C30H25N7O3. The van der Waals surface area contributed by atoms with E-state index in [0.29, 0.717) is 35.0 Å². The van der Waals surface area contributed by atoms with E-state index < -0.39 is 0 Å². The van der Waals surface area contributed by atoms with Crippen LogP contribution in [0.1, 0.15) is 41.9 Å². The standard InChI is InChI=1S/C30H25N7O3/c1-18-23-13-27(32-16-24(23)22-8-7-21(12-26(22)40-18)36-10-4-6-29(36)38)34-19-11-20(15-31-14-19)35-30(39)25-17-33-28-5-2-3-9-37(25)28/h2-3,5,7-9,11-18H,4,6,10H2,1H3,(H,32,34)(H,35,39). The molecule has 10 heteroatoms. The molecule has 2 aliphatic heterocycles. The number of imidazole rings is 1. The van der Waals surface area contributed by atoms with Crippen LogP contribution in [0.3, 0.4) is 0 Å². The lowest BCUT2D eigenvalue weighted by molar-refractivity contribution is -0.117. The number of hydrogen-bond donors (Lipinski definition) is 2. The number of fused-ring (bicyclic) bond motifs is 4. The summed E-state index contributed by atoms with van der Waals surface area (Å²) in [6, 6.07) is 15.2. The van der Waals surface area contributed by atoms with Crippen LogP contribution in [-0.4, -0.2) is 37.7 Å². The number of carbonyl (C=O) groups excluding carboxylic acids is 2. The number of nitrogens with one attached hydrogen (secondary N) is 2. The van der Waals surface area contributed by atoms with E-state index in [1.807, 2.05) is 60.5 Å². The fourth-order valence-electron chi connectivity index (χ4n) is 5.29. The van der Waals surface area contributed by atoms with E-state index in [0.717, 1.165) is 41.1 Å². The fourth-order valence-corrected chi connectivity index (χ4v) is 5.29. The number of rotatable bonds is 5. The topological polar surface area (TPSA) is 114 Å². The predicted molar refractivity (Wildman–Crippen MR) is 151 cm³/mol. The summed E-state index contributed by atoms with van der Waals surface area (Å²) in [6.07, 6.45) is 9.69. The molecule has 2 N–H and O–H groups in total. The van der Waals surface area contributed by atoms with Gasteiger partial charge in [0.2, 0.25) is 5.91 Å². The summed E-state index contributed by atoms with van der Waals surface area (Å²) in [4.78, 5) is 40.1. The van der Waals surface area contributed by atoms with Gasteiger partial charge in [-0.2, -0.15) is 0 Å². The first kappa shape index (κ1) is 23.8. The lowest BCUT2D eigenvalue weighted by atomic mass is 9.94. The highest BCUT2D eigenvalue weighted by atomic mass is 16.5. The van der Waals surface area contributed by atoms with Crippen LogP contribution in [0.5, 0.6) is 5.75 Å². The summed E-state index contributed by atoms with van der Waals surface area (Å²) in [5, 5.41) is 6.18. The minimum atomic E-state index is -0.286. The molecule has 40 heavy (non-hydrogen) atoms. The number of aromatic nitrogens is 4. The van der Waals surface area contributed by atoms with Crippen molar-refractivity contribution in [1.29, 1.82) is 0 Å². The minimum Gasteiger partial charge on any atom is -0.485 e. The van der Waals surface area contributed by atoms with Crippen molar-refractivity contribution in [3.63, 3.8) is 0 Å². The molecule has 1 fully saturated rings. The first-order valence-corrected chi connectivity index (χ1v) is 13.1. The molecule has 0 aliphatic carbocycles. The second-order valence-corrected chi connectivity index (χ2v) is 9.86. The quantitative estimate of drug-likeness (QED) is 0.314. The van der Waals surface area contributed by atoms with Crippen molar-refractivity contribution in [2.45, 2.75) is 25.9 Å². The van der Waals surface area contributed by atoms with Crippen molar-refractivity contribution in [1.82, 2.24) is 19.4 Å². The smallest absolute Gasteiger partial charge is 0.274 e. The van der Waals surface area contributed by atoms with Crippen LogP contribution in [-0.2, 0) is 4.79 Å². The fraction of sp³-hybridized carbons (Fsp3) is 0.167. The van der Waals surface area contributed by atoms with E-state index in [1.54, 1.807) is 35.3 Å². The van der Waals surface area contributed by atoms with Gasteiger partial charge in [-0.3, -0.25) is 19.0 Å². The zero-order valence-corrected chi connectivity index (χ0v) is 21.7. The Hall–Kier alpha value is -5.25. The van der Waals surface area contributed by atoms with Gasteiger partial charge in [0, 0.05) is 53.8 Å². The highest BCUT2D eigenvalue weighted by molar-refractivity contribution is 6.03. The van der Waals surface area contributed by atoms with Gasteiger partial charge in [0.1, 0.15) is 29.0 Å². The van der Waals surface area contributed by atoms with Crippen molar-refractivity contribution in [3.05, 3.63) is 90.8 Å². The molecule has 0 saturated carbocycles. The first-order valence-electron chi connectivity index (χ1n) is 13.1. The van der Waals surface area contributed by atoms with Crippen LogP contribution in [0, 0.1) is 0 Å². The molecule has 1 atom stereocenters. The maximum absolute atomic E-state index is 12.9. The third kappa shape index (κ3) is 4.19. The van der Waals surface area contributed by atoms with Gasteiger partial charge >= 0.3 is 0 Å². The lowest BCUT2D eigenvalue weighted by Crippen LogP contribution is -2.24. The molecule has 0 spiro atoms. The second kappa shape index (κ2) is 9.49. The van der Waals surface area contributed by atoms with Crippen LogP contribution in [0.25, 0.3) is 16.8 Å². The molecule has 2 aliphatic rings. The van der Waals surface area contributed by atoms with E-state index >= 15 is 0 Å². The van der Waals surface area contributed by atoms with Gasteiger partial charge in [0.05, 0.1) is 30.0 Å². The Morgan fingerprint density at radius 1 is 1.00 bits per heavy atom. The summed E-state index contributed by atoms with van der Waals surface area (Å²) in [5.41, 5.74) is 6.14.